The van der Waals surface area contributed by atoms with Gasteiger partial charge in [0.05, 0.1) is 23.1 Å². The van der Waals surface area contributed by atoms with Crippen LogP contribution in [0.2, 0.25) is 0 Å². The Bertz CT molecular complexity index is 1940. The van der Waals surface area contributed by atoms with E-state index < -0.39 is 40.9 Å². The number of ketones is 4. The van der Waals surface area contributed by atoms with E-state index in [2.05, 4.69) is 0 Å². The first-order valence-electron chi connectivity index (χ1n) is 14.3. The molecule has 3 heterocycles. The summed E-state index contributed by atoms with van der Waals surface area (Å²) in [5.41, 5.74) is 1.33. The summed E-state index contributed by atoms with van der Waals surface area (Å²) in [4.78, 5) is 65.8. The average Bonchev–Trinajstić information content (AvgIpc) is 3.79. The highest BCUT2D eigenvalue weighted by Gasteiger charge is 2.74. The number of hydrogen-bond acceptors (Lipinski definition) is 10. The van der Waals surface area contributed by atoms with E-state index in [4.69, 9.17) is 23.7 Å². The van der Waals surface area contributed by atoms with E-state index in [0.717, 1.165) is 0 Å². The molecule has 4 unspecified atom stereocenters. The van der Waals surface area contributed by atoms with E-state index >= 15 is 0 Å². The highest BCUT2D eigenvalue weighted by Crippen LogP contribution is 2.64. The molecule has 0 aromatic heterocycles. The van der Waals surface area contributed by atoms with Gasteiger partial charge in [-0.05, 0) is 51.1 Å². The van der Waals surface area contributed by atoms with Gasteiger partial charge in [0.15, 0.2) is 35.3 Å². The Labute approximate surface area is 251 Å². The fourth-order valence-corrected chi connectivity index (χ4v) is 7.25. The van der Waals surface area contributed by atoms with Gasteiger partial charge in [0.1, 0.15) is 17.2 Å². The number of rotatable bonds is 4. The number of hydrogen-bond donors (Lipinski definition) is 0. The predicted octanol–water partition coefficient (Wildman–Crippen LogP) is 4.34. The molecule has 222 valence electrons. The molecule has 0 radical (unpaired) electrons. The molecule has 0 amide bonds. The van der Waals surface area contributed by atoms with E-state index in [1.54, 1.807) is 58.9 Å². The Balaban J connectivity index is 1.18. The molecule has 44 heavy (non-hydrogen) atoms. The molecule has 2 bridgehead atoms. The summed E-state index contributed by atoms with van der Waals surface area (Å²) in [6, 6.07) is 8.09. The van der Waals surface area contributed by atoms with Crippen LogP contribution in [-0.2, 0) is 35.4 Å². The van der Waals surface area contributed by atoms with Crippen LogP contribution in [0, 0.1) is 5.41 Å². The maximum atomic E-state index is 13.6. The molecular formula is C34H26O10. The lowest BCUT2D eigenvalue weighted by Crippen LogP contribution is -2.60. The normalized spacial score (nSPS) is 29.0. The van der Waals surface area contributed by atoms with Crippen LogP contribution in [-0.4, -0.2) is 41.3 Å². The molecule has 1 fully saturated rings. The maximum absolute atomic E-state index is 13.6. The number of carbonyl (C=O) groups excluding carboxylic acids is 5. The van der Waals surface area contributed by atoms with Crippen LogP contribution in [0.1, 0.15) is 72.9 Å². The topological polar surface area (TPSA) is 135 Å². The zero-order valence-electron chi connectivity index (χ0n) is 24.5. The number of esters is 1. The van der Waals surface area contributed by atoms with Crippen molar-refractivity contribution in [1.82, 2.24) is 0 Å². The third kappa shape index (κ3) is 3.24. The highest BCUT2D eigenvalue weighted by atomic mass is 16.8. The maximum Gasteiger partial charge on any atom is 0.312 e. The van der Waals surface area contributed by atoms with Crippen LogP contribution < -0.4 is 14.2 Å². The van der Waals surface area contributed by atoms with Crippen molar-refractivity contribution in [3.05, 3.63) is 87.0 Å². The molecule has 1 saturated heterocycles. The SMILES string of the molecule is CC1=C(C)C(=O)C(C(C)(C)CC(=O)Oc2ccc3c4c2C(=O)C2OC2C42Oc4cccc5c4C(C=CC5=O)(O3)O2)=C(C)C1=O. The van der Waals surface area contributed by atoms with Crippen LogP contribution in [0.3, 0.4) is 0 Å². The van der Waals surface area contributed by atoms with Crippen molar-refractivity contribution in [1.29, 1.82) is 0 Å². The van der Waals surface area contributed by atoms with Gasteiger partial charge in [0.2, 0.25) is 0 Å². The molecule has 10 nitrogen and oxygen atoms in total. The summed E-state index contributed by atoms with van der Waals surface area (Å²) in [6.45, 7) is 8.22. The van der Waals surface area contributed by atoms with Gasteiger partial charge in [-0.25, -0.2) is 0 Å². The van der Waals surface area contributed by atoms with Gasteiger partial charge >= 0.3 is 5.97 Å². The van der Waals surface area contributed by atoms with Crippen LogP contribution >= 0.6 is 0 Å². The first kappa shape index (κ1) is 26.9. The molecule has 0 N–H and O–H groups in total. The molecular weight excluding hydrogens is 568 g/mol. The summed E-state index contributed by atoms with van der Waals surface area (Å²) in [7, 11) is 0. The van der Waals surface area contributed by atoms with E-state index in [-0.39, 0.29) is 52.0 Å². The van der Waals surface area contributed by atoms with Crippen molar-refractivity contribution >= 4 is 29.1 Å². The zero-order valence-corrected chi connectivity index (χ0v) is 24.5. The third-order valence-corrected chi connectivity index (χ3v) is 9.44. The summed E-state index contributed by atoms with van der Waals surface area (Å²) < 4.78 is 31.1. The Morgan fingerprint density at radius 1 is 0.909 bits per heavy atom. The van der Waals surface area contributed by atoms with Gasteiger partial charge in [0.25, 0.3) is 11.6 Å². The van der Waals surface area contributed by atoms with E-state index in [1.807, 2.05) is 0 Å². The minimum atomic E-state index is -1.61. The lowest BCUT2D eigenvalue weighted by atomic mass is 9.71. The number of epoxide rings is 1. The average molecular weight is 595 g/mol. The van der Waals surface area contributed by atoms with E-state index in [1.165, 1.54) is 18.2 Å². The van der Waals surface area contributed by atoms with E-state index in [9.17, 15) is 24.0 Å². The molecule has 8 rings (SSSR count). The first-order valence-corrected chi connectivity index (χ1v) is 14.3. The van der Waals surface area contributed by atoms with Gasteiger partial charge in [-0.2, -0.15) is 0 Å². The Hall–Kier alpha value is -4.67. The molecule has 4 atom stereocenters. The summed E-state index contributed by atoms with van der Waals surface area (Å²) in [5, 5.41) is 0. The van der Waals surface area contributed by atoms with Gasteiger partial charge in [-0.3, -0.25) is 28.7 Å². The Kier molecular flexibility index (Phi) is 5.06. The fraction of sp³-hybridized carbons (Fsp3) is 0.324. The van der Waals surface area contributed by atoms with Gasteiger partial charge < -0.3 is 18.9 Å². The van der Waals surface area contributed by atoms with Crippen molar-refractivity contribution in [3.63, 3.8) is 0 Å². The molecule has 0 saturated carbocycles. The second-order valence-corrected chi connectivity index (χ2v) is 12.6. The van der Waals surface area contributed by atoms with Crippen LogP contribution in [0.15, 0.2) is 64.8 Å². The van der Waals surface area contributed by atoms with Gasteiger partial charge in [0, 0.05) is 33.3 Å². The summed E-state index contributed by atoms with van der Waals surface area (Å²) >= 11 is 0. The molecule has 10 heteroatoms. The standard InChI is InChI=1S/C34H26O10/c1-14-15(2)28(38)24(16(3)27(14)37)32(4,5)13-22(36)40-19-9-10-21-26-23(19)29(39)30-31(41-30)34(26)43-20-8-6-7-17-18(35)11-12-33(42-21,44-34)25(17)20/h6-12,30-31H,13H2,1-5H3. The van der Waals surface area contributed by atoms with Crippen molar-refractivity contribution < 1.29 is 47.7 Å². The molecule has 3 aliphatic carbocycles. The second kappa shape index (κ2) is 8.28. The number of benzene rings is 2. The number of ether oxygens (including phenoxy) is 5. The van der Waals surface area contributed by atoms with Crippen molar-refractivity contribution in [3.8, 4) is 17.2 Å². The van der Waals surface area contributed by atoms with Crippen molar-refractivity contribution in [2.45, 2.75) is 64.8 Å². The summed E-state index contributed by atoms with van der Waals surface area (Å²) in [5.74, 6) is -4.39. The second-order valence-electron chi connectivity index (χ2n) is 12.6. The number of Topliss-reactive ketones (excluding diaryl/α,β-unsaturated/α-hetero) is 3. The summed E-state index contributed by atoms with van der Waals surface area (Å²) in [6.07, 6.45) is 0.973. The Morgan fingerprint density at radius 3 is 2.41 bits per heavy atom. The minimum absolute atomic E-state index is 0.0337. The van der Waals surface area contributed by atoms with Crippen LogP contribution in [0.4, 0.5) is 0 Å². The minimum Gasteiger partial charge on any atom is -0.454 e. The van der Waals surface area contributed by atoms with E-state index in [0.29, 0.717) is 33.6 Å². The first-order chi connectivity index (χ1) is 20.8. The van der Waals surface area contributed by atoms with Crippen molar-refractivity contribution in [2.24, 2.45) is 5.41 Å². The smallest absolute Gasteiger partial charge is 0.312 e. The fourth-order valence-electron chi connectivity index (χ4n) is 7.25. The zero-order chi connectivity index (χ0) is 31.1. The number of allylic oxidation sites excluding steroid dienone is 5. The largest absolute Gasteiger partial charge is 0.454 e. The van der Waals surface area contributed by atoms with Crippen LogP contribution in [0.5, 0.6) is 17.2 Å². The lowest BCUT2D eigenvalue weighted by Gasteiger charge is -2.52. The Morgan fingerprint density at radius 2 is 1.64 bits per heavy atom. The molecule has 3 aliphatic heterocycles. The molecule has 6 aliphatic rings. The monoisotopic (exact) mass is 594 g/mol. The lowest BCUT2D eigenvalue weighted by molar-refractivity contribution is -0.345. The number of fused-ring (bicyclic) bond motifs is 1. The number of carbonyl (C=O) groups is 5. The third-order valence-electron chi connectivity index (χ3n) is 9.44. The van der Waals surface area contributed by atoms with Crippen LogP contribution in [0.25, 0.3) is 0 Å². The van der Waals surface area contributed by atoms with Gasteiger partial charge in [-0.1, -0.05) is 26.0 Å². The highest BCUT2D eigenvalue weighted by molar-refractivity contribution is 6.25. The molecule has 2 spiro atoms. The van der Waals surface area contributed by atoms with Gasteiger partial charge in [-0.15, -0.1) is 0 Å². The molecule has 2 aromatic rings. The quantitative estimate of drug-likeness (QED) is 0.218. The predicted molar refractivity (Wildman–Crippen MR) is 150 cm³/mol. The van der Waals surface area contributed by atoms with Crippen molar-refractivity contribution in [2.75, 3.05) is 0 Å². The molecule has 2 aromatic carbocycles.